The highest BCUT2D eigenvalue weighted by Crippen LogP contribution is 2.29. The summed E-state index contributed by atoms with van der Waals surface area (Å²) < 4.78 is 0. The topological polar surface area (TPSA) is 29.3 Å². The molecule has 2 unspecified atom stereocenters. The highest BCUT2D eigenvalue weighted by molar-refractivity contribution is 7.07. The molecule has 3 heteroatoms. The van der Waals surface area contributed by atoms with Crippen LogP contribution in [0.25, 0.3) is 0 Å². The van der Waals surface area contributed by atoms with E-state index in [1.807, 2.05) is 0 Å². The molecule has 2 heterocycles. The predicted molar refractivity (Wildman–Crippen MR) is 70.8 cm³/mol. The van der Waals surface area contributed by atoms with Gasteiger partial charge in [-0.05, 0) is 54.7 Å². The fraction of sp³-hybridized carbons (Fsp3) is 0.692. The second-order valence-corrected chi connectivity index (χ2v) is 5.45. The van der Waals surface area contributed by atoms with Crippen molar-refractivity contribution in [1.82, 2.24) is 4.90 Å². The van der Waals surface area contributed by atoms with Crippen LogP contribution in [0.15, 0.2) is 16.8 Å². The normalized spacial score (nSPS) is 21.9. The van der Waals surface area contributed by atoms with Gasteiger partial charge in [0, 0.05) is 6.04 Å². The number of nitrogens with zero attached hydrogens (tertiary/aromatic N) is 1. The van der Waals surface area contributed by atoms with Crippen LogP contribution >= 0.6 is 11.3 Å². The van der Waals surface area contributed by atoms with E-state index in [4.69, 9.17) is 5.73 Å². The maximum atomic E-state index is 6.30. The Balaban J connectivity index is 2.13. The SMILES string of the molecule is CCC(N)C(c1ccsc1)N1CCCCC1. The van der Waals surface area contributed by atoms with Gasteiger partial charge in [-0.25, -0.2) is 0 Å². The molecule has 0 aliphatic carbocycles. The molecule has 2 atom stereocenters. The van der Waals surface area contributed by atoms with E-state index in [-0.39, 0.29) is 6.04 Å². The standard InChI is InChI=1S/C13H22N2S/c1-2-12(14)13(11-6-9-16-10-11)15-7-4-3-5-8-15/h6,9-10,12-13H,2-5,7-8,14H2,1H3. The molecule has 0 bridgehead atoms. The van der Waals surface area contributed by atoms with Gasteiger partial charge in [0.25, 0.3) is 0 Å². The van der Waals surface area contributed by atoms with Gasteiger partial charge >= 0.3 is 0 Å². The number of likely N-dealkylation sites (tertiary alicyclic amines) is 1. The molecular weight excluding hydrogens is 216 g/mol. The molecule has 2 rings (SSSR count). The summed E-state index contributed by atoms with van der Waals surface area (Å²) in [5, 5.41) is 4.42. The molecule has 0 spiro atoms. The van der Waals surface area contributed by atoms with Crippen LogP contribution in [-0.2, 0) is 0 Å². The minimum atomic E-state index is 0.271. The van der Waals surface area contributed by atoms with E-state index in [1.165, 1.54) is 37.9 Å². The minimum absolute atomic E-state index is 0.271. The molecule has 1 aromatic heterocycles. The van der Waals surface area contributed by atoms with E-state index in [1.54, 1.807) is 11.3 Å². The van der Waals surface area contributed by atoms with Crippen molar-refractivity contribution < 1.29 is 0 Å². The van der Waals surface area contributed by atoms with E-state index < -0.39 is 0 Å². The minimum Gasteiger partial charge on any atom is -0.326 e. The number of piperidine rings is 1. The molecule has 2 N–H and O–H groups in total. The Kier molecular flexibility index (Phi) is 4.38. The molecule has 1 aliphatic heterocycles. The molecule has 0 aromatic carbocycles. The summed E-state index contributed by atoms with van der Waals surface area (Å²) in [6.45, 7) is 4.62. The summed E-state index contributed by atoms with van der Waals surface area (Å²) in [5.74, 6) is 0. The van der Waals surface area contributed by atoms with Crippen LogP contribution in [0.5, 0.6) is 0 Å². The van der Waals surface area contributed by atoms with Crippen molar-refractivity contribution in [3.05, 3.63) is 22.4 Å². The lowest BCUT2D eigenvalue weighted by Crippen LogP contribution is -2.43. The lowest BCUT2D eigenvalue weighted by atomic mass is 9.96. The second-order valence-electron chi connectivity index (χ2n) is 4.67. The highest BCUT2D eigenvalue weighted by Gasteiger charge is 2.26. The first-order chi connectivity index (χ1) is 7.83. The Labute approximate surface area is 102 Å². The Morgan fingerprint density at radius 2 is 2.12 bits per heavy atom. The maximum Gasteiger partial charge on any atom is 0.0507 e. The third-order valence-corrected chi connectivity index (χ3v) is 4.25. The number of hydrogen-bond donors (Lipinski definition) is 1. The van der Waals surface area contributed by atoms with Crippen LogP contribution in [0.2, 0.25) is 0 Å². The number of rotatable bonds is 4. The van der Waals surface area contributed by atoms with Gasteiger partial charge in [0.2, 0.25) is 0 Å². The molecule has 90 valence electrons. The van der Waals surface area contributed by atoms with Crippen molar-refractivity contribution in [3.8, 4) is 0 Å². The van der Waals surface area contributed by atoms with Crippen LogP contribution < -0.4 is 5.73 Å². The quantitative estimate of drug-likeness (QED) is 0.873. The van der Waals surface area contributed by atoms with Crippen molar-refractivity contribution in [1.29, 1.82) is 0 Å². The number of hydrogen-bond acceptors (Lipinski definition) is 3. The molecule has 2 nitrogen and oxygen atoms in total. The summed E-state index contributed by atoms with van der Waals surface area (Å²) in [6, 6.07) is 2.95. The fourth-order valence-corrected chi connectivity index (χ4v) is 3.28. The zero-order chi connectivity index (χ0) is 11.4. The van der Waals surface area contributed by atoms with Gasteiger partial charge in [-0.1, -0.05) is 13.3 Å². The predicted octanol–water partition coefficient (Wildman–Crippen LogP) is 3.01. The Morgan fingerprint density at radius 3 is 2.69 bits per heavy atom. The summed E-state index contributed by atoms with van der Waals surface area (Å²) in [4.78, 5) is 2.58. The van der Waals surface area contributed by atoms with Gasteiger partial charge in [0.15, 0.2) is 0 Å². The van der Waals surface area contributed by atoms with Crippen molar-refractivity contribution >= 4 is 11.3 Å². The highest BCUT2D eigenvalue weighted by atomic mass is 32.1. The van der Waals surface area contributed by atoms with Gasteiger partial charge in [0.1, 0.15) is 0 Å². The Bertz CT molecular complexity index is 291. The first-order valence-corrected chi connectivity index (χ1v) is 7.29. The van der Waals surface area contributed by atoms with Crippen molar-refractivity contribution in [2.75, 3.05) is 13.1 Å². The van der Waals surface area contributed by atoms with E-state index in [2.05, 4.69) is 28.7 Å². The smallest absolute Gasteiger partial charge is 0.0507 e. The van der Waals surface area contributed by atoms with E-state index in [0.29, 0.717) is 6.04 Å². The number of nitrogens with two attached hydrogens (primary N) is 1. The van der Waals surface area contributed by atoms with Crippen LogP contribution in [0, 0.1) is 0 Å². The second kappa shape index (κ2) is 5.80. The summed E-state index contributed by atoms with van der Waals surface area (Å²) >= 11 is 1.78. The molecule has 16 heavy (non-hydrogen) atoms. The number of thiophene rings is 1. The Hall–Kier alpha value is -0.380. The van der Waals surface area contributed by atoms with Crippen molar-refractivity contribution in [3.63, 3.8) is 0 Å². The maximum absolute atomic E-state index is 6.30. The summed E-state index contributed by atoms with van der Waals surface area (Å²) in [5.41, 5.74) is 7.72. The first-order valence-electron chi connectivity index (χ1n) is 6.34. The molecular formula is C13H22N2S. The van der Waals surface area contributed by atoms with Crippen LogP contribution in [0.1, 0.15) is 44.2 Å². The molecule has 0 radical (unpaired) electrons. The molecule has 1 aliphatic rings. The van der Waals surface area contributed by atoms with Gasteiger partial charge in [-0.15, -0.1) is 0 Å². The Morgan fingerprint density at radius 1 is 1.38 bits per heavy atom. The first kappa shape index (κ1) is 12.1. The van der Waals surface area contributed by atoms with Crippen molar-refractivity contribution in [2.45, 2.75) is 44.7 Å². The summed E-state index contributed by atoms with van der Waals surface area (Å²) in [7, 11) is 0. The molecule has 0 amide bonds. The zero-order valence-corrected chi connectivity index (χ0v) is 10.9. The monoisotopic (exact) mass is 238 g/mol. The van der Waals surface area contributed by atoms with Gasteiger partial charge in [-0.2, -0.15) is 11.3 Å². The zero-order valence-electron chi connectivity index (χ0n) is 10.1. The van der Waals surface area contributed by atoms with Crippen molar-refractivity contribution in [2.24, 2.45) is 5.73 Å². The fourth-order valence-electron chi connectivity index (χ4n) is 2.59. The summed E-state index contributed by atoms with van der Waals surface area (Å²) in [6.07, 6.45) is 5.10. The van der Waals surface area contributed by atoms with E-state index in [9.17, 15) is 0 Å². The van der Waals surface area contributed by atoms with Gasteiger partial charge < -0.3 is 5.73 Å². The average Bonchev–Trinajstić information content (AvgIpc) is 2.84. The van der Waals surface area contributed by atoms with Gasteiger partial charge in [0.05, 0.1) is 6.04 Å². The van der Waals surface area contributed by atoms with Gasteiger partial charge in [-0.3, -0.25) is 4.90 Å². The third-order valence-electron chi connectivity index (χ3n) is 3.55. The third kappa shape index (κ3) is 2.65. The lowest BCUT2D eigenvalue weighted by molar-refractivity contribution is 0.141. The van der Waals surface area contributed by atoms with E-state index in [0.717, 1.165) is 6.42 Å². The van der Waals surface area contributed by atoms with Crippen LogP contribution in [-0.4, -0.2) is 24.0 Å². The molecule has 0 saturated carbocycles. The average molecular weight is 238 g/mol. The van der Waals surface area contributed by atoms with Crippen LogP contribution in [0.4, 0.5) is 0 Å². The largest absolute Gasteiger partial charge is 0.326 e. The van der Waals surface area contributed by atoms with Crippen LogP contribution in [0.3, 0.4) is 0 Å². The lowest BCUT2D eigenvalue weighted by Gasteiger charge is -2.37. The molecule has 1 saturated heterocycles. The molecule has 1 fully saturated rings. The van der Waals surface area contributed by atoms with E-state index >= 15 is 0 Å². The molecule has 1 aromatic rings.